The van der Waals surface area contributed by atoms with Crippen molar-refractivity contribution in [2.24, 2.45) is 11.5 Å². The summed E-state index contributed by atoms with van der Waals surface area (Å²) in [6.45, 7) is 2.17. The molecular weight excluding hydrogens is 244 g/mol. The molecule has 106 valence electrons. The summed E-state index contributed by atoms with van der Waals surface area (Å²) in [4.78, 5) is 20.8. The van der Waals surface area contributed by atoms with Gasteiger partial charge in [-0.05, 0) is 26.3 Å². The van der Waals surface area contributed by atoms with E-state index in [1.165, 1.54) is 0 Å². The molecule has 5 N–H and O–H groups in total. The highest BCUT2D eigenvalue weighted by molar-refractivity contribution is 5.93. The molecule has 0 heterocycles. The second-order valence-electron chi connectivity index (χ2n) is 4.15. The Hall–Kier alpha value is -1.72. The first-order valence-electron chi connectivity index (χ1n) is 6.23. The molecule has 0 fully saturated rings. The van der Waals surface area contributed by atoms with E-state index in [9.17, 15) is 9.59 Å². The summed E-state index contributed by atoms with van der Waals surface area (Å²) < 4.78 is 0. The van der Waals surface area contributed by atoms with Gasteiger partial charge in [-0.15, -0.1) is 0 Å². The van der Waals surface area contributed by atoms with Crippen LogP contribution >= 0.6 is 0 Å². The minimum atomic E-state index is -0.933. The summed E-state index contributed by atoms with van der Waals surface area (Å²) in [6.07, 6.45) is 2.16. The molecule has 1 aromatic rings. The Bertz CT molecular complexity index is 380. The number of nitrogens with two attached hydrogens (primary N) is 2. The Labute approximate surface area is 113 Å². The number of ketones is 1. The summed E-state index contributed by atoms with van der Waals surface area (Å²) >= 11 is 0. The molecule has 19 heavy (non-hydrogen) atoms. The normalized spacial score (nSPS) is 11.1. The molecular formula is C14H22N2O3. The van der Waals surface area contributed by atoms with Gasteiger partial charge in [0.25, 0.3) is 0 Å². The Morgan fingerprint density at radius 1 is 1.21 bits per heavy atom. The van der Waals surface area contributed by atoms with Crippen molar-refractivity contribution in [2.45, 2.75) is 32.2 Å². The number of carbonyl (C=O) groups excluding carboxylic acids is 1. The number of carboxylic acid groups (broad SMARTS) is 1. The molecule has 0 spiro atoms. The monoisotopic (exact) mass is 266 g/mol. The zero-order valence-electron chi connectivity index (χ0n) is 11.2. The maximum atomic E-state index is 10.6. The third-order valence-corrected chi connectivity index (χ3v) is 2.47. The van der Waals surface area contributed by atoms with Crippen molar-refractivity contribution in [3.8, 4) is 0 Å². The van der Waals surface area contributed by atoms with Gasteiger partial charge in [-0.2, -0.15) is 0 Å². The Morgan fingerprint density at radius 3 is 2.16 bits per heavy atom. The molecule has 1 unspecified atom stereocenters. The number of rotatable bonds is 6. The van der Waals surface area contributed by atoms with Crippen LogP contribution in [0.2, 0.25) is 0 Å². The van der Waals surface area contributed by atoms with Gasteiger partial charge < -0.3 is 16.6 Å². The summed E-state index contributed by atoms with van der Waals surface area (Å²) in [6, 6.07) is 8.51. The molecule has 0 saturated heterocycles. The zero-order chi connectivity index (χ0) is 14.7. The lowest BCUT2D eigenvalue weighted by Crippen LogP contribution is -2.29. The Kier molecular flexibility index (Phi) is 9.30. The fourth-order valence-corrected chi connectivity index (χ4v) is 1.30. The van der Waals surface area contributed by atoms with Crippen molar-refractivity contribution < 1.29 is 14.7 Å². The lowest BCUT2D eigenvalue weighted by atomic mass is 10.1. The molecule has 1 rings (SSSR count). The largest absolute Gasteiger partial charge is 0.480 e. The van der Waals surface area contributed by atoms with Gasteiger partial charge in [-0.3, -0.25) is 9.59 Å². The molecule has 1 aromatic carbocycles. The summed E-state index contributed by atoms with van der Waals surface area (Å²) in [5.74, 6) is -0.812. The maximum absolute atomic E-state index is 10.6. The smallest absolute Gasteiger partial charge is 0.320 e. The number of carboxylic acids is 1. The van der Waals surface area contributed by atoms with Crippen LogP contribution < -0.4 is 11.5 Å². The number of aliphatic carboxylic acids is 1. The van der Waals surface area contributed by atoms with Crippen molar-refractivity contribution in [3.05, 3.63) is 35.9 Å². The SMILES string of the molecule is CC(=O)c1ccccc1.NCCCCC(N)C(=O)O. The van der Waals surface area contributed by atoms with Gasteiger partial charge in [0, 0.05) is 5.56 Å². The second kappa shape index (κ2) is 10.2. The maximum Gasteiger partial charge on any atom is 0.320 e. The van der Waals surface area contributed by atoms with Crippen LogP contribution in [-0.2, 0) is 4.79 Å². The van der Waals surface area contributed by atoms with Crippen LogP contribution in [0.3, 0.4) is 0 Å². The van der Waals surface area contributed by atoms with Gasteiger partial charge >= 0.3 is 5.97 Å². The van der Waals surface area contributed by atoms with E-state index in [0.29, 0.717) is 13.0 Å². The van der Waals surface area contributed by atoms with Crippen molar-refractivity contribution in [3.63, 3.8) is 0 Å². The van der Waals surface area contributed by atoms with Crippen molar-refractivity contribution in [2.75, 3.05) is 6.54 Å². The molecule has 0 saturated carbocycles. The highest BCUT2D eigenvalue weighted by Gasteiger charge is 2.09. The predicted octanol–water partition coefficient (Wildman–Crippen LogP) is 1.42. The van der Waals surface area contributed by atoms with E-state index in [0.717, 1.165) is 18.4 Å². The average molecular weight is 266 g/mol. The number of hydrogen-bond acceptors (Lipinski definition) is 4. The van der Waals surface area contributed by atoms with Gasteiger partial charge in [0.2, 0.25) is 0 Å². The lowest BCUT2D eigenvalue weighted by Gasteiger charge is -2.03. The molecule has 5 heteroatoms. The molecule has 0 bridgehead atoms. The number of benzene rings is 1. The molecule has 5 nitrogen and oxygen atoms in total. The summed E-state index contributed by atoms with van der Waals surface area (Å²) in [5, 5.41) is 8.33. The zero-order valence-corrected chi connectivity index (χ0v) is 11.2. The van der Waals surface area contributed by atoms with Gasteiger partial charge in [0.05, 0.1) is 0 Å². The van der Waals surface area contributed by atoms with Crippen molar-refractivity contribution in [1.29, 1.82) is 0 Å². The second-order valence-corrected chi connectivity index (χ2v) is 4.15. The predicted molar refractivity (Wildman–Crippen MR) is 75.0 cm³/mol. The number of carbonyl (C=O) groups is 2. The molecule has 1 atom stereocenters. The fraction of sp³-hybridized carbons (Fsp3) is 0.429. The van der Waals surface area contributed by atoms with Gasteiger partial charge in [0.1, 0.15) is 6.04 Å². The minimum Gasteiger partial charge on any atom is -0.480 e. The molecule has 0 aromatic heterocycles. The van der Waals surface area contributed by atoms with Gasteiger partial charge in [0.15, 0.2) is 5.78 Å². The van der Waals surface area contributed by atoms with E-state index >= 15 is 0 Å². The summed E-state index contributed by atoms with van der Waals surface area (Å²) in [7, 11) is 0. The number of hydrogen-bond donors (Lipinski definition) is 3. The van der Waals surface area contributed by atoms with E-state index in [4.69, 9.17) is 16.6 Å². The first-order valence-corrected chi connectivity index (χ1v) is 6.23. The lowest BCUT2D eigenvalue weighted by molar-refractivity contribution is -0.138. The highest BCUT2D eigenvalue weighted by atomic mass is 16.4. The van der Waals surface area contributed by atoms with Crippen LogP contribution in [0.25, 0.3) is 0 Å². The first-order chi connectivity index (χ1) is 8.99. The van der Waals surface area contributed by atoms with Crippen LogP contribution in [0.1, 0.15) is 36.5 Å². The van der Waals surface area contributed by atoms with E-state index in [-0.39, 0.29) is 5.78 Å². The fourth-order valence-electron chi connectivity index (χ4n) is 1.30. The Morgan fingerprint density at radius 2 is 1.79 bits per heavy atom. The summed E-state index contributed by atoms with van der Waals surface area (Å²) in [5.41, 5.74) is 11.2. The van der Waals surface area contributed by atoms with Crippen LogP contribution in [0.15, 0.2) is 30.3 Å². The van der Waals surface area contributed by atoms with Crippen LogP contribution in [0.5, 0.6) is 0 Å². The molecule has 0 amide bonds. The average Bonchev–Trinajstić information content (AvgIpc) is 2.40. The Balaban J connectivity index is 0.000000342. The van der Waals surface area contributed by atoms with E-state index < -0.39 is 12.0 Å². The van der Waals surface area contributed by atoms with E-state index in [2.05, 4.69) is 0 Å². The van der Waals surface area contributed by atoms with Crippen LogP contribution in [0, 0.1) is 0 Å². The molecule has 0 aliphatic heterocycles. The highest BCUT2D eigenvalue weighted by Crippen LogP contribution is 1.98. The number of unbranched alkanes of at least 4 members (excludes halogenated alkanes) is 1. The topological polar surface area (TPSA) is 106 Å². The quantitative estimate of drug-likeness (QED) is 0.533. The van der Waals surface area contributed by atoms with Gasteiger partial charge in [-0.1, -0.05) is 36.8 Å². The molecule has 0 aliphatic carbocycles. The molecule has 0 radical (unpaired) electrons. The van der Waals surface area contributed by atoms with Crippen molar-refractivity contribution >= 4 is 11.8 Å². The molecule has 0 aliphatic rings. The van der Waals surface area contributed by atoms with Gasteiger partial charge in [-0.25, -0.2) is 0 Å². The minimum absolute atomic E-state index is 0.121. The van der Waals surface area contributed by atoms with Crippen LogP contribution in [-0.4, -0.2) is 29.4 Å². The van der Waals surface area contributed by atoms with Crippen molar-refractivity contribution in [1.82, 2.24) is 0 Å². The first kappa shape index (κ1) is 17.3. The third kappa shape index (κ3) is 8.93. The number of Topliss-reactive ketones (excluding diaryl/α,β-unsaturated/α-hetero) is 1. The van der Waals surface area contributed by atoms with E-state index in [1.807, 2.05) is 30.3 Å². The van der Waals surface area contributed by atoms with Crippen LogP contribution in [0.4, 0.5) is 0 Å². The standard InChI is InChI=1S/C8H8O.C6H14N2O2/c1-7(9)8-5-3-2-4-6-8;7-4-2-1-3-5(8)6(9)10/h2-6H,1H3;5H,1-4,7-8H2,(H,9,10). The van der Waals surface area contributed by atoms with E-state index in [1.54, 1.807) is 6.92 Å². The third-order valence-electron chi connectivity index (χ3n) is 2.47.